The molecule has 3 aliphatic rings. The fraction of sp³-hybridized carbons (Fsp3) is 0.667. The topological polar surface area (TPSA) is 88.5 Å². The van der Waals surface area contributed by atoms with Crippen LogP contribution in [0.25, 0.3) is 0 Å². The van der Waals surface area contributed by atoms with E-state index < -0.39 is 5.60 Å². The van der Waals surface area contributed by atoms with E-state index in [1.807, 2.05) is 32.9 Å². The second-order valence-corrected chi connectivity index (χ2v) is 8.90. The Morgan fingerprint density at radius 2 is 2.23 bits per heavy atom. The van der Waals surface area contributed by atoms with E-state index >= 15 is 0 Å². The Balaban J connectivity index is 1.27. The zero-order valence-corrected chi connectivity index (χ0v) is 18.0. The van der Waals surface area contributed by atoms with Crippen LogP contribution in [0.1, 0.15) is 32.8 Å². The summed E-state index contributed by atoms with van der Waals surface area (Å²) in [7, 11) is 0. The lowest BCUT2D eigenvalue weighted by molar-refractivity contribution is 0.0137. The van der Waals surface area contributed by atoms with E-state index in [-0.39, 0.29) is 18.2 Å². The van der Waals surface area contributed by atoms with Gasteiger partial charge in [0.05, 0.1) is 25.8 Å². The molecule has 1 N–H and O–H groups in total. The molecule has 0 aromatic carbocycles. The average molecular weight is 418 g/mol. The highest BCUT2D eigenvalue weighted by atomic mass is 16.6. The molecule has 9 heteroatoms. The van der Waals surface area contributed by atoms with Gasteiger partial charge in [0, 0.05) is 44.9 Å². The second kappa shape index (κ2) is 8.67. The number of aromatic nitrogens is 1. The summed E-state index contributed by atoms with van der Waals surface area (Å²) in [5.74, 6) is 1.51. The molecule has 164 valence electrons. The van der Waals surface area contributed by atoms with Gasteiger partial charge in [-0.3, -0.25) is 4.99 Å². The van der Waals surface area contributed by atoms with Crippen LogP contribution in [0.4, 0.5) is 4.79 Å². The van der Waals surface area contributed by atoms with Crippen LogP contribution >= 0.6 is 0 Å². The van der Waals surface area contributed by atoms with E-state index in [2.05, 4.69) is 20.2 Å². The van der Waals surface area contributed by atoms with Crippen molar-refractivity contribution in [2.45, 2.75) is 51.5 Å². The molecule has 9 nitrogen and oxygen atoms in total. The van der Waals surface area contributed by atoms with Crippen molar-refractivity contribution in [2.75, 3.05) is 39.4 Å². The van der Waals surface area contributed by atoms with Gasteiger partial charge in [0.25, 0.3) is 0 Å². The molecule has 1 amide bonds. The minimum absolute atomic E-state index is 0.0851. The van der Waals surface area contributed by atoms with Crippen molar-refractivity contribution in [3.63, 3.8) is 0 Å². The van der Waals surface area contributed by atoms with E-state index in [1.165, 1.54) is 0 Å². The first-order chi connectivity index (χ1) is 14.4. The largest absolute Gasteiger partial charge is 0.472 e. The molecule has 2 fully saturated rings. The number of hydrogen-bond acceptors (Lipinski definition) is 8. The third kappa shape index (κ3) is 5.13. The van der Waals surface area contributed by atoms with Gasteiger partial charge in [-0.2, -0.15) is 0 Å². The number of pyridine rings is 1. The molecule has 2 unspecified atom stereocenters. The maximum Gasteiger partial charge on any atom is 0.410 e. The highest BCUT2D eigenvalue weighted by molar-refractivity contribution is 5.82. The number of carbonyl (C=O) groups is 1. The number of carbonyl (C=O) groups excluding carboxylic acids is 1. The highest BCUT2D eigenvalue weighted by Gasteiger charge is 2.36. The Bertz CT molecular complexity index is 788. The predicted molar refractivity (Wildman–Crippen MR) is 112 cm³/mol. The predicted octanol–water partition coefficient (Wildman–Crippen LogP) is 1.63. The second-order valence-electron chi connectivity index (χ2n) is 8.90. The van der Waals surface area contributed by atoms with Crippen molar-refractivity contribution in [1.82, 2.24) is 20.1 Å². The number of rotatable bonds is 4. The fourth-order valence-corrected chi connectivity index (χ4v) is 3.81. The molecule has 0 bridgehead atoms. The van der Waals surface area contributed by atoms with Gasteiger partial charge in [-0.25, -0.2) is 9.78 Å². The van der Waals surface area contributed by atoms with Gasteiger partial charge in [0.2, 0.25) is 5.88 Å². The van der Waals surface area contributed by atoms with E-state index in [9.17, 15) is 4.79 Å². The SMILES string of the molecule is CC(C)(C)OC(=O)N1CCN2C(NCc3ccnc(OC4CCOC4)c3)=NCC2C1. The first-order valence-electron chi connectivity index (χ1n) is 10.6. The lowest BCUT2D eigenvalue weighted by Crippen LogP contribution is -2.57. The number of amides is 1. The monoisotopic (exact) mass is 417 g/mol. The number of nitrogens with one attached hydrogen (secondary N) is 1. The van der Waals surface area contributed by atoms with E-state index in [1.54, 1.807) is 11.1 Å². The van der Waals surface area contributed by atoms with Crippen molar-refractivity contribution in [3.8, 4) is 5.88 Å². The summed E-state index contributed by atoms with van der Waals surface area (Å²) in [6, 6.07) is 4.12. The summed E-state index contributed by atoms with van der Waals surface area (Å²) in [5.41, 5.74) is 0.600. The van der Waals surface area contributed by atoms with E-state index in [0.717, 1.165) is 31.1 Å². The molecule has 3 aliphatic heterocycles. The number of ether oxygens (including phenoxy) is 3. The van der Waals surface area contributed by atoms with Gasteiger partial charge in [0.1, 0.15) is 11.7 Å². The zero-order valence-electron chi connectivity index (χ0n) is 18.0. The molecule has 1 aromatic heterocycles. The van der Waals surface area contributed by atoms with Crippen molar-refractivity contribution in [2.24, 2.45) is 4.99 Å². The molecule has 4 heterocycles. The number of fused-ring (bicyclic) bond motifs is 1. The third-order valence-corrected chi connectivity index (χ3v) is 5.28. The molecule has 0 radical (unpaired) electrons. The van der Waals surface area contributed by atoms with Gasteiger partial charge < -0.3 is 29.3 Å². The summed E-state index contributed by atoms with van der Waals surface area (Å²) in [6.45, 7) is 10.3. The molecule has 2 saturated heterocycles. The number of guanidine groups is 1. The molecular formula is C21H31N5O4. The van der Waals surface area contributed by atoms with E-state index in [4.69, 9.17) is 14.2 Å². The van der Waals surface area contributed by atoms with Crippen LogP contribution in [0, 0.1) is 0 Å². The summed E-state index contributed by atoms with van der Waals surface area (Å²) in [5, 5.41) is 3.43. The first-order valence-corrected chi connectivity index (χ1v) is 10.6. The maximum absolute atomic E-state index is 12.4. The van der Waals surface area contributed by atoms with Crippen LogP contribution < -0.4 is 10.1 Å². The summed E-state index contributed by atoms with van der Waals surface area (Å²) in [6.07, 6.45) is 2.50. The van der Waals surface area contributed by atoms with Gasteiger partial charge in [0.15, 0.2) is 5.96 Å². The van der Waals surface area contributed by atoms with Gasteiger partial charge in [-0.05, 0) is 32.4 Å². The van der Waals surface area contributed by atoms with Gasteiger partial charge >= 0.3 is 6.09 Å². The highest BCUT2D eigenvalue weighted by Crippen LogP contribution is 2.19. The summed E-state index contributed by atoms with van der Waals surface area (Å²) in [4.78, 5) is 25.3. The normalized spacial score (nSPS) is 23.8. The molecule has 0 spiro atoms. The quantitative estimate of drug-likeness (QED) is 0.797. The van der Waals surface area contributed by atoms with Crippen molar-refractivity contribution < 1.29 is 19.0 Å². The molecule has 1 aromatic rings. The summed E-state index contributed by atoms with van der Waals surface area (Å²) < 4.78 is 16.7. The Kier molecular flexibility index (Phi) is 5.99. The smallest absolute Gasteiger partial charge is 0.410 e. The van der Waals surface area contributed by atoms with Gasteiger partial charge in [-0.1, -0.05) is 0 Å². The van der Waals surface area contributed by atoms with Crippen LogP contribution in [0.3, 0.4) is 0 Å². The van der Waals surface area contributed by atoms with Crippen molar-refractivity contribution >= 4 is 12.1 Å². The van der Waals surface area contributed by atoms with Gasteiger partial charge in [-0.15, -0.1) is 0 Å². The molecule has 30 heavy (non-hydrogen) atoms. The molecule has 4 rings (SSSR count). The Hall–Kier alpha value is -2.55. The number of piperazine rings is 1. The molecule has 0 saturated carbocycles. The van der Waals surface area contributed by atoms with Crippen LogP contribution in [0.5, 0.6) is 5.88 Å². The summed E-state index contributed by atoms with van der Waals surface area (Å²) >= 11 is 0. The average Bonchev–Trinajstić information content (AvgIpc) is 3.34. The number of aliphatic imine (C=N–C) groups is 1. The zero-order chi connectivity index (χ0) is 21.1. The fourth-order valence-electron chi connectivity index (χ4n) is 3.81. The standard InChI is InChI=1S/C21H31N5O4/c1-21(2,3)30-20(27)25-7-8-26-16(13-25)12-24-19(26)23-11-15-4-6-22-18(10-15)29-17-5-9-28-14-17/h4,6,10,16-17H,5,7-9,11-14H2,1-3H3,(H,23,24). The van der Waals surface area contributed by atoms with Crippen molar-refractivity contribution in [3.05, 3.63) is 23.9 Å². The number of hydrogen-bond donors (Lipinski definition) is 1. The van der Waals surface area contributed by atoms with Crippen LogP contribution in [-0.4, -0.2) is 84.0 Å². The minimum Gasteiger partial charge on any atom is -0.472 e. The lowest BCUT2D eigenvalue weighted by atomic mass is 10.2. The third-order valence-electron chi connectivity index (χ3n) is 5.28. The van der Waals surface area contributed by atoms with E-state index in [0.29, 0.717) is 38.7 Å². The Morgan fingerprint density at radius 3 is 3.00 bits per heavy atom. The lowest BCUT2D eigenvalue weighted by Gasteiger charge is -2.39. The molecule has 0 aliphatic carbocycles. The first kappa shape index (κ1) is 20.7. The molecule has 2 atom stereocenters. The number of nitrogens with zero attached hydrogens (tertiary/aromatic N) is 4. The van der Waals surface area contributed by atoms with Crippen LogP contribution in [0.15, 0.2) is 23.3 Å². The minimum atomic E-state index is -0.481. The maximum atomic E-state index is 12.4. The Labute approximate surface area is 177 Å². The Morgan fingerprint density at radius 1 is 1.37 bits per heavy atom. The van der Waals surface area contributed by atoms with Crippen LogP contribution in [-0.2, 0) is 16.0 Å². The van der Waals surface area contributed by atoms with Crippen molar-refractivity contribution in [1.29, 1.82) is 0 Å². The van der Waals surface area contributed by atoms with Crippen LogP contribution in [0.2, 0.25) is 0 Å². The molecular weight excluding hydrogens is 386 g/mol.